The maximum Gasteiger partial charge on any atom is 0.0701 e. The SMILES string of the molecule is CC(C)CCC(c1ccccn1)N1CCOCCOCCN(Cc2ccccn2)CCOCCOCC1. The lowest BCUT2D eigenvalue weighted by molar-refractivity contribution is 0.000122. The van der Waals surface area contributed by atoms with Crippen molar-refractivity contribution in [3.63, 3.8) is 0 Å². The normalized spacial score (nSPS) is 19.8. The number of rotatable bonds is 7. The zero-order valence-electron chi connectivity index (χ0n) is 22.8. The minimum absolute atomic E-state index is 0.249. The van der Waals surface area contributed by atoms with E-state index in [0.29, 0.717) is 58.8 Å². The van der Waals surface area contributed by atoms with Crippen LogP contribution < -0.4 is 0 Å². The first-order valence-electron chi connectivity index (χ1n) is 13.8. The summed E-state index contributed by atoms with van der Waals surface area (Å²) in [7, 11) is 0. The van der Waals surface area contributed by atoms with Gasteiger partial charge < -0.3 is 18.9 Å². The van der Waals surface area contributed by atoms with E-state index in [0.717, 1.165) is 57.0 Å². The van der Waals surface area contributed by atoms with E-state index < -0.39 is 0 Å². The van der Waals surface area contributed by atoms with Gasteiger partial charge in [-0.2, -0.15) is 0 Å². The third kappa shape index (κ3) is 12.4. The van der Waals surface area contributed by atoms with Gasteiger partial charge in [-0.1, -0.05) is 26.0 Å². The fraction of sp³-hybridized carbons (Fsp3) is 0.655. The van der Waals surface area contributed by atoms with Gasteiger partial charge in [0.1, 0.15) is 0 Å². The third-order valence-corrected chi connectivity index (χ3v) is 6.49. The molecule has 37 heavy (non-hydrogen) atoms. The minimum Gasteiger partial charge on any atom is -0.378 e. The number of nitrogens with zero attached hydrogens (tertiary/aromatic N) is 4. The molecule has 1 aliphatic heterocycles. The van der Waals surface area contributed by atoms with Gasteiger partial charge in [-0.3, -0.25) is 19.8 Å². The monoisotopic (exact) mass is 514 g/mol. The Kier molecular flexibility index (Phi) is 14.7. The van der Waals surface area contributed by atoms with Gasteiger partial charge >= 0.3 is 0 Å². The number of hydrogen-bond donors (Lipinski definition) is 0. The van der Waals surface area contributed by atoms with Crippen molar-refractivity contribution in [2.24, 2.45) is 5.92 Å². The van der Waals surface area contributed by atoms with Crippen LogP contribution in [0.2, 0.25) is 0 Å². The van der Waals surface area contributed by atoms with Crippen molar-refractivity contribution in [3.05, 3.63) is 60.2 Å². The lowest BCUT2D eigenvalue weighted by Gasteiger charge is -2.32. The minimum atomic E-state index is 0.249. The first-order chi connectivity index (χ1) is 18.2. The second-order valence-corrected chi connectivity index (χ2v) is 9.82. The molecule has 0 bridgehead atoms. The van der Waals surface area contributed by atoms with Gasteiger partial charge in [0, 0.05) is 45.1 Å². The van der Waals surface area contributed by atoms with Gasteiger partial charge in [0.15, 0.2) is 0 Å². The molecule has 1 atom stereocenters. The van der Waals surface area contributed by atoms with Gasteiger partial charge in [0.05, 0.1) is 70.3 Å². The molecule has 1 saturated heterocycles. The Morgan fingerprint density at radius 2 is 1.24 bits per heavy atom. The molecule has 0 aliphatic carbocycles. The zero-order chi connectivity index (χ0) is 26.0. The highest BCUT2D eigenvalue weighted by atomic mass is 16.5. The van der Waals surface area contributed by atoms with Crippen molar-refractivity contribution in [2.45, 2.75) is 39.3 Å². The largest absolute Gasteiger partial charge is 0.378 e. The average Bonchev–Trinajstić information content (AvgIpc) is 2.91. The van der Waals surface area contributed by atoms with E-state index >= 15 is 0 Å². The molecule has 8 heteroatoms. The van der Waals surface area contributed by atoms with Crippen LogP contribution in [-0.2, 0) is 25.5 Å². The van der Waals surface area contributed by atoms with Crippen molar-refractivity contribution in [3.8, 4) is 0 Å². The summed E-state index contributed by atoms with van der Waals surface area (Å²) in [4.78, 5) is 13.9. The lowest BCUT2D eigenvalue weighted by Crippen LogP contribution is -2.36. The van der Waals surface area contributed by atoms with Crippen molar-refractivity contribution in [1.29, 1.82) is 0 Å². The summed E-state index contributed by atoms with van der Waals surface area (Å²) in [5, 5.41) is 0. The lowest BCUT2D eigenvalue weighted by atomic mass is 9.99. The number of aromatic nitrogens is 2. The Labute approximate surface area is 223 Å². The van der Waals surface area contributed by atoms with Crippen LogP contribution in [0, 0.1) is 5.92 Å². The van der Waals surface area contributed by atoms with Crippen LogP contribution in [0.5, 0.6) is 0 Å². The molecule has 0 saturated carbocycles. The molecule has 2 aromatic heterocycles. The second-order valence-electron chi connectivity index (χ2n) is 9.82. The van der Waals surface area contributed by atoms with E-state index in [4.69, 9.17) is 23.9 Å². The standard InChI is InChI=1S/C29H46N4O4/c1-26(2)9-10-29(28-8-4-6-12-31-28)33-15-19-36-23-21-34-17-13-32(25-27-7-3-5-11-30-27)14-18-35-22-24-37-20-16-33/h3-8,11-12,26,29H,9-10,13-25H2,1-2H3. The molecule has 2 aromatic rings. The molecule has 0 radical (unpaired) electrons. The molecule has 0 spiro atoms. The number of ether oxygens (including phenoxy) is 4. The van der Waals surface area contributed by atoms with Gasteiger partial charge in [-0.05, 0) is 43.0 Å². The van der Waals surface area contributed by atoms with Crippen LogP contribution in [0.3, 0.4) is 0 Å². The zero-order valence-corrected chi connectivity index (χ0v) is 22.8. The summed E-state index contributed by atoms with van der Waals surface area (Å²) < 4.78 is 23.7. The van der Waals surface area contributed by atoms with Crippen LogP contribution in [-0.4, -0.2) is 98.8 Å². The summed E-state index contributed by atoms with van der Waals surface area (Å²) in [6.07, 6.45) is 5.94. The van der Waals surface area contributed by atoms with Crippen LogP contribution in [0.15, 0.2) is 48.8 Å². The van der Waals surface area contributed by atoms with Crippen LogP contribution in [0.25, 0.3) is 0 Å². The molecule has 0 aromatic carbocycles. The summed E-state index contributed by atoms with van der Waals surface area (Å²) in [5.74, 6) is 0.647. The van der Waals surface area contributed by atoms with E-state index in [2.05, 4.69) is 46.8 Å². The summed E-state index contributed by atoms with van der Waals surface area (Å²) in [6.45, 7) is 13.6. The van der Waals surface area contributed by atoms with Crippen molar-refractivity contribution >= 4 is 0 Å². The Bertz CT molecular complexity index is 792. The predicted octanol–water partition coefficient (Wildman–Crippen LogP) is 3.84. The molecule has 1 fully saturated rings. The van der Waals surface area contributed by atoms with Gasteiger partial charge in [0.25, 0.3) is 0 Å². The molecule has 3 heterocycles. The quantitative estimate of drug-likeness (QED) is 0.552. The highest BCUT2D eigenvalue weighted by molar-refractivity contribution is 5.09. The molecule has 8 nitrogen and oxygen atoms in total. The van der Waals surface area contributed by atoms with Gasteiger partial charge in [-0.25, -0.2) is 0 Å². The Morgan fingerprint density at radius 3 is 1.76 bits per heavy atom. The molecular weight excluding hydrogens is 468 g/mol. The van der Waals surface area contributed by atoms with Crippen molar-refractivity contribution in [2.75, 3.05) is 79.0 Å². The molecule has 206 valence electrons. The third-order valence-electron chi connectivity index (χ3n) is 6.49. The van der Waals surface area contributed by atoms with E-state index in [9.17, 15) is 0 Å². The van der Waals surface area contributed by atoms with Crippen LogP contribution in [0.4, 0.5) is 0 Å². The van der Waals surface area contributed by atoms with Crippen molar-refractivity contribution in [1.82, 2.24) is 19.8 Å². The van der Waals surface area contributed by atoms with Gasteiger partial charge in [0.2, 0.25) is 0 Å². The van der Waals surface area contributed by atoms with E-state index in [-0.39, 0.29) is 6.04 Å². The Morgan fingerprint density at radius 1 is 0.676 bits per heavy atom. The Hall–Kier alpha value is -1.94. The Balaban J connectivity index is 1.53. The van der Waals surface area contributed by atoms with E-state index in [1.54, 1.807) is 0 Å². The summed E-state index contributed by atoms with van der Waals surface area (Å²) in [5.41, 5.74) is 2.17. The maximum absolute atomic E-state index is 5.97. The molecule has 1 aliphatic rings. The van der Waals surface area contributed by atoms with Crippen molar-refractivity contribution < 1.29 is 18.9 Å². The second kappa shape index (κ2) is 18.3. The van der Waals surface area contributed by atoms with E-state index in [1.165, 1.54) is 0 Å². The molecule has 0 N–H and O–H groups in total. The van der Waals surface area contributed by atoms with Crippen LogP contribution in [0.1, 0.15) is 44.1 Å². The molecular formula is C29H46N4O4. The summed E-state index contributed by atoms with van der Waals surface area (Å²) in [6, 6.07) is 12.5. The maximum atomic E-state index is 5.97. The van der Waals surface area contributed by atoms with Crippen LogP contribution >= 0.6 is 0 Å². The first-order valence-corrected chi connectivity index (χ1v) is 13.8. The van der Waals surface area contributed by atoms with Gasteiger partial charge in [-0.15, -0.1) is 0 Å². The number of hydrogen-bond acceptors (Lipinski definition) is 8. The molecule has 3 rings (SSSR count). The average molecular weight is 515 g/mol. The summed E-state index contributed by atoms with van der Waals surface area (Å²) >= 11 is 0. The molecule has 0 amide bonds. The topological polar surface area (TPSA) is 69.2 Å². The smallest absolute Gasteiger partial charge is 0.0701 e. The highest BCUT2D eigenvalue weighted by Gasteiger charge is 2.22. The number of pyridine rings is 2. The highest BCUT2D eigenvalue weighted by Crippen LogP contribution is 2.26. The first kappa shape index (κ1) is 29.6. The fourth-order valence-electron chi connectivity index (χ4n) is 4.39. The molecule has 1 unspecified atom stereocenters. The fourth-order valence-corrected chi connectivity index (χ4v) is 4.39. The van der Waals surface area contributed by atoms with E-state index in [1.807, 2.05) is 30.6 Å². The predicted molar refractivity (Wildman–Crippen MR) is 145 cm³/mol.